The molecule has 0 atom stereocenters. The molecule has 2 bridgehead atoms. The highest BCUT2D eigenvalue weighted by Crippen LogP contribution is 2.55. The molecule has 9 rings (SSSR count). The minimum absolute atomic E-state index is 0.229. The predicted octanol–water partition coefficient (Wildman–Crippen LogP) is 5.71. The van der Waals surface area contributed by atoms with E-state index in [1.165, 1.54) is 33.4 Å². The van der Waals surface area contributed by atoms with Crippen molar-refractivity contribution < 1.29 is 0 Å². The van der Waals surface area contributed by atoms with Crippen LogP contribution >= 0.6 is 0 Å². The minimum Gasteiger partial charge on any atom is -0.224 e. The van der Waals surface area contributed by atoms with Gasteiger partial charge in [-0.2, -0.15) is 0 Å². The Kier molecular flexibility index (Phi) is 2.96. The van der Waals surface area contributed by atoms with Crippen molar-refractivity contribution in [3.63, 3.8) is 0 Å². The summed E-state index contributed by atoms with van der Waals surface area (Å²) < 4.78 is 0. The first-order valence-corrected chi connectivity index (χ1v) is 10.9. The summed E-state index contributed by atoms with van der Waals surface area (Å²) >= 11 is 0. The molecule has 0 spiro atoms. The highest BCUT2D eigenvalue weighted by Gasteiger charge is 2.41. The summed E-state index contributed by atoms with van der Waals surface area (Å²) in [4.78, 5) is 19.2. The van der Waals surface area contributed by atoms with Gasteiger partial charge in [0.15, 0.2) is 11.3 Å². The molecular formula is C28H16N4. The van der Waals surface area contributed by atoms with Crippen LogP contribution in [0.2, 0.25) is 0 Å². The Balaban J connectivity index is 1.45. The zero-order chi connectivity index (χ0) is 20.8. The highest BCUT2D eigenvalue weighted by atomic mass is 15.0. The maximum Gasteiger partial charge on any atom is 0.199 e. The molecule has 0 aliphatic heterocycles. The van der Waals surface area contributed by atoms with Crippen LogP contribution in [0.25, 0.3) is 33.4 Å². The van der Waals surface area contributed by atoms with Gasteiger partial charge in [0.2, 0.25) is 0 Å². The lowest BCUT2D eigenvalue weighted by Gasteiger charge is -2.42. The Morgan fingerprint density at radius 2 is 0.719 bits per heavy atom. The number of hydrogen-bond acceptors (Lipinski definition) is 4. The van der Waals surface area contributed by atoms with Gasteiger partial charge < -0.3 is 0 Å². The Morgan fingerprint density at radius 1 is 0.375 bits per heavy atom. The van der Waals surface area contributed by atoms with Gasteiger partial charge in [-0.25, -0.2) is 19.9 Å². The van der Waals surface area contributed by atoms with E-state index in [2.05, 4.69) is 60.7 Å². The van der Waals surface area contributed by atoms with E-state index in [4.69, 9.17) is 19.9 Å². The quantitative estimate of drug-likeness (QED) is 0.302. The molecule has 0 fully saturated rings. The van der Waals surface area contributed by atoms with E-state index in [9.17, 15) is 0 Å². The largest absolute Gasteiger partial charge is 0.224 e. The third-order valence-corrected chi connectivity index (χ3v) is 7.03. The topological polar surface area (TPSA) is 51.6 Å². The number of nitrogens with zero attached hydrogens (tertiary/aromatic N) is 4. The van der Waals surface area contributed by atoms with Crippen molar-refractivity contribution in [3.05, 3.63) is 118 Å². The lowest BCUT2D eigenvalue weighted by molar-refractivity contribution is 0.756. The summed E-state index contributed by atoms with van der Waals surface area (Å²) in [5, 5.41) is 0. The Labute approximate surface area is 183 Å². The molecule has 3 aliphatic carbocycles. The lowest BCUT2D eigenvalue weighted by Crippen LogP contribution is -2.27. The number of benzene rings is 4. The van der Waals surface area contributed by atoms with Crippen LogP contribution < -0.4 is 0 Å². The fraction of sp³-hybridized carbons (Fsp3) is 0.0714. The average Bonchev–Trinajstić information content (AvgIpc) is 2.84. The van der Waals surface area contributed by atoms with Crippen molar-refractivity contribution in [2.24, 2.45) is 0 Å². The van der Waals surface area contributed by atoms with Crippen molar-refractivity contribution in [2.75, 3.05) is 0 Å². The minimum atomic E-state index is 0.229. The van der Waals surface area contributed by atoms with Crippen LogP contribution in [0.4, 0.5) is 0 Å². The normalized spacial score (nSPS) is 18.0. The van der Waals surface area contributed by atoms with Gasteiger partial charge in [0, 0.05) is 11.8 Å². The number of para-hydroxylation sites is 2. The average molecular weight is 408 g/mol. The maximum absolute atomic E-state index is 4.90. The summed E-state index contributed by atoms with van der Waals surface area (Å²) in [6.45, 7) is 0. The van der Waals surface area contributed by atoms with Crippen molar-refractivity contribution in [2.45, 2.75) is 11.8 Å². The van der Waals surface area contributed by atoms with Gasteiger partial charge in [0.25, 0.3) is 0 Å². The van der Waals surface area contributed by atoms with E-state index >= 15 is 0 Å². The van der Waals surface area contributed by atoms with E-state index in [-0.39, 0.29) is 11.8 Å². The second-order valence-corrected chi connectivity index (χ2v) is 8.68. The van der Waals surface area contributed by atoms with E-state index < -0.39 is 0 Å². The smallest absolute Gasteiger partial charge is 0.199 e. The number of aromatic nitrogens is 4. The number of hydrogen-bond donors (Lipinski definition) is 0. The first-order chi connectivity index (χ1) is 15.8. The van der Waals surface area contributed by atoms with E-state index in [0.717, 1.165) is 22.1 Å². The Morgan fingerprint density at radius 3 is 1.12 bits per heavy atom. The fourth-order valence-corrected chi connectivity index (χ4v) is 5.73. The summed E-state index contributed by atoms with van der Waals surface area (Å²) in [5.41, 5.74) is 12.9. The first kappa shape index (κ1) is 16.5. The predicted molar refractivity (Wildman–Crippen MR) is 125 cm³/mol. The lowest BCUT2D eigenvalue weighted by atomic mass is 9.61. The monoisotopic (exact) mass is 408 g/mol. The van der Waals surface area contributed by atoms with Crippen molar-refractivity contribution in [3.8, 4) is 0 Å². The Bertz CT molecular complexity index is 1580. The van der Waals surface area contributed by atoms with Gasteiger partial charge >= 0.3 is 0 Å². The molecule has 148 valence electrons. The van der Waals surface area contributed by atoms with Crippen molar-refractivity contribution in [1.29, 1.82) is 0 Å². The summed E-state index contributed by atoms with van der Waals surface area (Å²) in [6.07, 6.45) is 0. The molecule has 4 nitrogen and oxygen atoms in total. The zero-order valence-electron chi connectivity index (χ0n) is 17.0. The summed E-state index contributed by atoms with van der Waals surface area (Å²) in [5.74, 6) is 0.457. The van der Waals surface area contributed by atoms with Crippen LogP contribution in [0, 0.1) is 0 Å². The zero-order valence-corrected chi connectivity index (χ0v) is 17.0. The van der Waals surface area contributed by atoms with Crippen molar-refractivity contribution >= 4 is 33.4 Å². The van der Waals surface area contributed by atoms with Gasteiger partial charge in [-0.3, -0.25) is 0 Å². The summed E-state index contributed by atoms with van der Waals surface area (Å²) in [7, 11) is 0. The molecule has 4 aromatic carbocycles. The molecule has 2 aromatic heterocycles. The third kappa shape index (κ3) is 2.02. The molecule has 3 aliphatic rings. The van der Waals surface area contributed by atoms with E-state index in [0.29, 0.717) is 11.3 Å². The molecule has 2 heterocycles. The fourth-order valence-electron chi connectivity index (χ4n) is 5.73. The van der Waals surface area contributed by atoms with Crippen LogP contribution in [0.1, 0.15) is 45.2 Å². The SMILES string of the molecule is c1ccc2c(c1)C1c3ccccc3C2c2cc3nc4nc5ccccc5nc4nc3cc21. The van der Waals surface area contributed by atoms with Gasteiger partial charge in [0.1, 0.15) is 0 Å². The van der Waals surface area contributed by atoms with Crippen LogP contribution in [-0.4, -0.2) is 19.9 Å². The van der Waals surface area contributed by atoms with E-state index in [1.807, 2.05) is 24.3 Å². The molecule has 0 unspecified atom stereocenters. The summed E-state index contributed by atoms with van der Waals surface area (Å²) in [6, 6.07) is 30.1. The second kappa shape index (κ2) is 5.74. The van der Waals surface area contributed by atoms with Crippen LogP contribution in [0.5, 0.6) is 0 Å². The van der Waals surface area contributed by atoms with E-state index in [1.54, 1.807) is 0 Å². The standard InChI is InChI=1S/C28H16N4/c1-2-8-16-15(7-1)25-17-9-3-4-10-18(17)26(16)20-14-24-23(13-19(20)25)31-27-28(32-24)30-22-12-6-5-11-21(22)29-27/h1-14,25-26H. The van der Waals surface area contributed by atoms with Crippen LogP contribution in [-0.2, 0) is 0 Å². The maximum atomic E-state index is 4.90. The first-order valence-electron chi connectivity index (χ1n) is 10.9. The van der Waals surface area contributed by atoms with Crippen molar-refractivity contribution in [1.82, 2.24) is 19.9 Å². The molecule has 6 aromatic rings. The molecule has 0 N–H and O–H groups in total. The van der Waals surface area contributed by atoms with Gasteiger partial charge in [-0.05, 0) is 57.6 Å². The number of fused-ring (bicyclic) bond motifs is 3. The molecule has 0 saturated carbocycles. The van der Waals surface area contributed by atoms with Crippen LogP contribution in [0.3, 0.4) is 0 Å². The second-order valence-electron chi connectivity index (χ2n) is 8.68. The molecule has 0 amide bonds. The molecule has 32 heavy (non-hydrogen) atoms. The highest BCUT2D eigenvalue weighted by molar-refractivity contribution is 5.89. The molecule has 0 radical (unpaired) electrons. The molecule has 0 saturated heterocycles. The third-order valence-electron chi connectivity index (χ3n) is 7.03. The Hall–Kier alpha value is -4.18. The van der Waals surface area contributed by atoms with Gasteiger partial charge in [0.05, 0.1) is 22.1 Å². The van der Waals surface area contributed by atoms with Crippen LogP contribution in [0.15, 0.2) is 84.9 Å². The van der Waals surface area contributed by atoms with Gasteiger partial charge in [-0.15, -0.1) is 0 Å². The number of rotatable bonds is 0. The van der Waals surface area contributed by atoms with Gasteiger partial charge in [-0.1, -0.05) is 60.7 Å². The molecular weight excluding hydrogens is 392 g/mol. The molecule has 4 heteroatoms.